The standard InChI is InChI=1S/C23H20ClF3N8/c1-22(26,27)14-9-28-21(29-10-14)35-17-4-2-3-16(24)18(17)19(32-35)34-8-7-33(13-23(34)5-6-23)20-30-11-15(25)12-31-20/h2-4,9-12H,5-8,13H2,1H3. The van der Waals surface area contributed by atoms with Gasteiger partial charge in [-0.2, -0.15) is 4.68 Å². The van der Waals surface area contributed by atoms with E-state index in [0.717, 1.165) is 37.5 Å². The van der Waals surface area contributed by atoms with Gasteiger partial charge < -0.3 is 9.80 Å². The van der Waals surface area contributed by atoms with E-state index in [1.807, 2.05) is 6.07 Å². The van der Waals surface area contributed by atoms with Gasteiger partial charge in [-0.25, -0.2) is 33.1 Å². The molecule has 1 aliphatic carbocycles. The van der Waals surface area contributed by atoms with Gasteiger partial charge in [-0.3, -0.25) is 0 Å². The van der Waals surface area contributed by atoms with Gasteiger partial charge in [0.1, 0.15) is 0 Å². The third kappa shape index (κ3) is 3.74. The predicted octanol–water partition coefficient (Wildman–Crippen LogP) is 4.37. The van der Waals surface area contributed by atoms with Crippen LogP contribution in [0.1, 0.15) is 25.3 Å². The number of rotatable bonds is 4. The fourth-order valence-corrected chi connectivity index (χ4v) is 4.88. The van der Waals surface area contributed by atoms with Crippen LogP contribution in [0, 0.1) is 5.82 Å². The van der Waals surface area contributed by atoms with E-state index in [4.69, 9.17) is 16.7 Å². The number of hydrogen-bond donors (Lipinski definition) is 0. The molecule has 180 valence electrons. The number of anilines is 2. The van der Waals surface area contributed by atoms with Crippen LogP contribution in [0.4, 0.5) is 24.9 Å². The molecule has 6 rings (SSSR count). The first-order chi connectivity index (χ1) is 16.7. The zero-order valence-electron chi connectivity index (χ0n) is 18.7. The fraction of sp³-hybridized carbons (Fsp3) is 0.348. The van der Waals surface area contributed by atoms with Crippen molar-refractivity contribution in [2.24, 2.45) is 0 Å². The van der Waals surface area contributed by atoms with Crippen LogP contribution in [0.2, 0.25) is 5.02 Å². The van der Waals surface area contributed by atoms with Gasteiger partial charge in [-0.15, -0.1) is 5.10 Å². The van der Waals surface area contributed by atoms with Crippen LogP contribution >= 0.6 is 11.6 Å². The number of benzene rings is 1. The maximum atomic E-state index is 13.6. The molecule has 1 saturated heterocycles. The van der Waals surface area contributed by atoms with E-state index >= 15 is 0 Å². The second-order valence-corrected chi connectivity index (χ2v) is 9.44. The van der Waals surface area contributed by atoms with Gasteiger partial charge in [0.05, 0.1) is 39.4 Å². The Morgan fingerprint density at radius 1 is 0.971 bits per heavy atom. The summed E-state index contributed by atoms with van der Waals surface area (Å²) in [7, 11) is 0. The Bertz CT molecular complexity index is 1400. The Balaban J connectivity index is 1.39. The second-order valence-electron chi connectivity index (χ2n) is 9.03. The van der Waals surface area contributed by atoms with E-state index in [1.165, 1.54) is 12.4 Å². The number of halogens is 4. The summed E-state index contributed by atoms with van der Waals surface area (Å²) >= 11 is 6.63. The van der Waals surface area contributed by atoms with E-state index in [2.05, 4.69) is 29.7 Å². The minimum atomic E-state index is -3.04. The average molecular weight is 501 g/mol. The van der Waals surface area contributed by atoms with Gasteiger partial charge in [0.15, 0.2) is 11.6 Å². The van der Waals surface area contributed by atoms with E-state index < -0.39 is 11.7 Å². The molecule has 35 heavy (non-hydrogen) atoms. The van der Waals surface area contributed by atoms with E-state index in [-0.39, 0.29) is 17.1 Å². The normalized spacial score (nSPS) is 17.4. The Morgan fingerprint density at radius 2 is 1.66 bits per heavy atom. The van der Waals surface area contributed by atoms with Crippen molar-refractivity contribution in [3.05, 3.63) is 59.4 Å². The summed E-state index contributed by atoms with van der Waals surface area (Å²) < 4.78 is 42.1. The molecule has 3 aromatic heterocycles. The van der Waals surface area contributed by atoms with Crippen LogP contribution in [0.15, 0.2) is 43.0 Å². The Morgan fingerprint density at radius 3 is 2.31 bits per heavy atom. The second kappa shape index (κ2) is 7.77. The number of alkyl halides is 2. The van der Waals surface area contributed by atoms with E-state index in [1.54, 1.807) is 16.8 Å². The number of fused-ring (bicyclic) bond motifs is 1. The molecule has 2 fully saturated rings. The van der Waals surface area contributed by atoms with Crippen molar-refractivity contribution in [1.29, 1.82) is 0 Å². The molecular weight excluding hydrogens is 481 g/mol. The molecule has 8 nitrogen and oxygen atoms in total. The van der Waals surface area contributed by atoms with Crippen molar-refractivity contribution in [2.45, 2.75) is 31.2 Å². The lowest BCUT2D eigenvalue weighted by Gasteiger charge is -2.42. The maximum Gasteiger partial charge on any atom is 0.273 e. The summed E-state index contributed by atoms with van der Waals surface area (Å²) in [5, 5.41) is 6.11. The Kier molecular flexibility index (Phi) is 4.89. The highest BCUT2D eigenvalue weighted by Gasteiger charge is 2.53. The summed E-state index contributed by atoms with van der Waals surface area (Å²) in [6.45, 7) is 2.70. The van der Waals surface area contributed by atoms with Crippen LogP contribution in [-0.2, 0) is 5.92 Å². The average Bonchev–Trinajstić information content (AvgIpc) is 3.48. The highest BCUT2D eigenvalue weighted by molar-refractivity contribution is 6.36. The lowest BCUT2D eigenvalue weighted by Crippen LogP contribution is -2.56. The van der Waals surface area contributed by atoms with Gasteiger partial charge in [0.2, 0.25) is 5.95 Å². The summed E-state index contributed by atoms with van der Waals surface area (Å²) in [6, 6.07) is 5.45. The van der Waals surface area contributed by atoms with Crippen molar-refractivity contribution in [2.75, 3.05) is 29.4 Å². The number of hydrogen-bond acceptors (Lipinski definition) is 7. The summed E-state index contributed by atoms with van der Waals surface area (Å²) in [4.78, 5) is 20.9. The fourth-order valence-electron chi connectivity index (χ4n) is 4.63. The van der Waals surface area contributed by atoms with Crippen molar-refractivity contribution in [3.8, 4) is 5.95 Å². The predicted molar refractivity (Wildman–Crippen MR) is 125 cm³/mol. The summed E-state index contributed by atoms with van der Waals surface area (Å²) in [6.07, 6.45) is 6.46. The highest BCUT2D eigenvalue weighted by atomic mass is 35.5. The molecular formula is C23H20ClF3N8. The highest BCUT2D eigenvalue weighted by Crippen LogP contribution is 2.49. The molecule has 2 aliphatic rings. The monoisotopic (exact) mass is 500 g/mol. The lowest BCUT2D eigenvalue weighted by atomic mass is 10.1. The van der Waals surface area contributed by atoms with Gasteiger partial charge in [0.25, 0.3) is 11.9 Å². The molecule has 0 bridgehead atoms. The summed E-state index contributed by atoms with van der Waals surface area (Å²) in [5.41, 5.74) is 0.228. The molecule has 0 N–H and O–H groups in total. The minimum Gasteiger partial charge on any atom is -0.345 e. The quantitative estimate of drug-likeness (QED) is 0.412. The van der Waals surface area contributed by atoms with Crippen molar-refractivity contribution in [1.82, 2.24) is 29.7 Å². The van der Waals surface area contributed by atoms with Crippen LogP contribution < -0.4 is 9.80 Å². The van der Waals surface area contributed by atoms with Gasteiger partial charge >= 0.3 is 0 Å². The van der Waals surface area contributed by atoms with Crippen LogP contribution in [0.3, 0.4) is 0 Å². The van der Waals surface area contributed by atoms with Gasteiger partial charge in [0, 0.05) is 39.0 Å². The van der Waals surface area contributed by atoms with E-state index in [0.29, 0.717) is 41.9 Å². The molecule has 12 heteroatoms. The van der Waals surface area contributed by atoms with Crippen LogP contribution in [0.5, 0.6) is 0 Å². The molecule has 0 unspecified atom stereocenters. The van der Waals surface area contributed by atoms with Gasteiger partial charge in [-0.05, 0) is 25.0 Å². The Labute approximate surface area is 203 Å². The molecule has 0 radical (unpaired) electrons. The van der Waals surface area contributed by atoms with E-state index in [9.17, 15) is 13.2 Å². The number of piperazine rings is 1. The summed E-state index contributed by atoms with van der Waals surface area (Å²) in [5.74, 6) is -2.15. The molecule has 1 aliphatic heterocycles. The number of aromatic nitrogens is 6. The van der Waals surface area contributed by atoms with Gasteiger partial charge in [-0.1, -0.05) is 17.7 Å². The molecule has 1 saturated carbocycles. The number of nitrogens with zero attached hydrogens (tertiary/aromatic N) is 8. The first-order valence-corrected chi connectivity index (χ1v) is 11.5. The lowest BCUT2D eigenvalue weighted by molar-refractivity contribution is 0.0167. The zero-order chi connectivity index (χ0) is 24.4. The third-order valence-electron chi connectivity index (χ3n) is 6.60. The molecule has 0 amide bonds. The van der Waals surface area contributed by atoms with Crippen molar-refractivity contribution < 1.29 is 13.2 Å². The molecule has 4 aromatic rings. The van der Waals surface area contributed by atoms with Crippen LogP contribution in [-0.4, -0.2) is 54.9 Å². The SMILES string of the molecule is CC(F)(F)c1cnc(-n2nc(N3CCN(c4ncc(F)cn4)CC34CC4)c3c(Cl)cccc32)nc1. The van der Waals surface area contributed by atoms with Crippen LogP contribution in [0.25, 0.3) is 16.9 Å². The first-order valence-electron chi connectivity index (χ1n) is 11.1. The third-order valence-corrected chi connectivity index (χ3v) is 6.91. The molecule has 1 spiro atoms. The largest absolute Gasteiger partial charge is 0.345 e. The maximum absolute atomic E-state index is 13.6. The topological polar surface area (TPSA) is 75.9 Å². The molecule has 1 aromatic carbocycles. The smallest absolute Gasteiger partial charge is 0.273 e. The Hall–Kier alpha value is -3.47. The van der Waals surface area contributed by atoms with Crippen molar-refractivity contribution in [3.63, 3.8) is 0 Å². The zero-order valence-corrected chi connectivity index (χ0v) is 19.4. The molecule has 4 heterocycles. The van der Waals surface area contributed by atoms with Crippen molar-refractivity contribution >= 4 is 34.3 Å². The molecule has 0 atom stereocenters. The minimum absolute atomic E-state index is 0.180. The first kappa shape index (κ1) is 22.0.